The van der Waals surface area contributed by atoms with Gasteiger partial charge in [-0.3, -0.25) is 0 Å². The molecule has 3 aromatic rings. The highest BCUT2D eigenvalue weighted by Crippen LogP contribution is 2.33. The van der Waals surface area contributed by atoms with Crippen LogP contribution in [0.2, 0.25) is 10.3 Å². The number of fused-ring (bicyclic) bond motifs is 1. The minimum Gasteiger partial charge on any atom is -0.352 e. The fourth-order valence-corrected chi connectivity index (χ4v) is 2.72. The quantitative estimate of drug-likeness (QED) is 0.654. The molecule has 0 saturated carbocycles. The van der Waals surface area contributed by atoms with E-state index in [0.717, 1.165) is 20.9 Å². The van der Waals surface area contributed by atoms with Gasteiger partial charge in [-0.1, -0.05) is 63.4 Å². The second kappa shape index (κ2) is 5.56. The van der Waals surface area contributed by atoms with Crippen molar-refractivity contribution in [1.82, 2.24) is 10.2 Å². The Kier molecular flexibility index (Phi) is 3.78. The second-order valence-corrected chi connectivity index (χ2v) is 5.74. The summed E-state index contributed by atoms with van der Waals surface area (Å²) in [6, 6.07) is 13.7. The number of halogens is 3. The number of nitrogens with one attached hydrogen (secondary N) is 1. The van der Waals surface area contributed by atoms with Gasteiger partial charge in [0.05, 0.1) is 5.69 Å². The van der Waals surface area contributed by atoms with Gasteiger partial charge in [0.2, 0.25) is 0 Å². The minimum atomic E-state index is 0.279. The topological polar surface area (TPSA) is 37.8 Å². The van der Waals surface area contributed by atoms with Gasteiger partial charge in [0.15, 0.2) is 10.3 Å². The normalized spacial score (nSPS) is 10.8. The molecule has 2 aromatic carbocycles. The van der Waals surface area contributed by atoms with Crippen LogP contribution in [-0.4, -0.2) is 10.2 Å². The largest absolute Gasteiger partial charge is 0.352 e. The lowest BCUT2D eigenvalue weighted by molar-refractivity contribution is 1.03. The fourth-order valence-electron chi connectivity index (χ4n) is 1.96. The Morgan fingerprint density at radius 3 is 2.45 bits per heavy atom. The molecule has 1 N–H and O–H groups in total. The van der Waals surface area contributed by atoms with Gasteiger partial charge in [-0.2, -0.15) is 0 Å². The van der Waals surface area contributed by atoms with E-state index in [0.29, 0.717) is 10.8 Å². The van der Waals surface area contributed by atoms with Crippen LogP contribution in [0.3, 0.4) is 0 Å². The van der Waals surface area contributed by atoms with Crippen LogP contribution < -0.4 is 5.32 Å². The van der Waals surface area contributed by atoms with Gasteiger partial charge >= 0.3 is 0 Å². The van der Waals surface area contributed by atoms with E-state index in [1.165, 1.54) is 0 Å². The van der Waals surface area contributed by atoms with Crippen molar-refractivity contribution in [3.05, 3.63) is 57.2 Å². The van der Waals surface area contributed by atoms with Crippen molar-refractivity contribution in [3.8, 4) is 0 Å². The highest BCUT2D eigenvalue weighted by Gasteiger charge is 2.08. The highest BCUT2D eigenvalue weighted by atomic mass is 79.9. The van der Waals surface area contributed by atoms with Crippen molar-refractivity contribution in [2.45, 2.75) is 0 Å². The second-order valence-electron chi connectivity index (χ2n) is 4.14. The van der Waals surface area contributed by atoms with Crippen molar-refractivity contribution >= 4 is 61.3 Å². The van der Waals surface area contributed by atoms with Crippen LogP contribution in [0.5, 0.6) is 0 Å². The van der Waals surface area contributed by atoms with Gasteiger partial charge < -0.3 is 5.32 Å². The third-order valence-electron chi connectivity index (χ3n) is 2.86. The predicted molar refractivity (Wildman–Crippen MR) is 87.0 cm³/mol. The maximum atomic E-state index is 6.02. The summed E-state index contributed by atoms with van der Waals surface area (Å²) in [4.78, 5) is 0. The first kappa shape index (κ1) is 13.6. The number of benzene rings is 2. The summed E-state index contributed by atoms with van der Waals surface area (Å²) in [7, 11) is 0. The number of hydrogen-bond donors (Lipinski definition) is 1. The molecule has 0 bridgehead atoms. The van der Waals surface area contributed by atoms with E-state index in [1.54, 1.807) is 6.07 Å². The number of rotatable bonds is 2. The summed E-state index contributed by atoms with van der Waals surface area (Å²) in [5.41, 5.74) is 1.55. The molecular formula is C14H8BrCl2N3. The van der Waals surface area contributed by atoms with E-state index >= 15 is 0 Å². The molecule has 1 aromatic heterocycles. The molecule has 0 spiro atoms. The van der Waals surface area contributed by atoms with Crippen LogP contribution >= 0.6 is 39.1 Å². The maximum Gasteiger partial charge on any atom is 0.175 e. The molecule has 0 saturated heterocycles. The summed E-state index contributed by atoms with van der Waals surface area (Å²) in [6.45, 7) is 0. The lowest BCUT2D eigenvalue weighted by atomic mass is 10.1. The summed E-state index contributed by atoms with van der Waals surface area (Å²) in [6.07, 6.45) is 0. The Bertz CT molecular complexity index is 792. The van der Waals surface area contributed by atoms with E-state index in [2.05, 4.69) is 31.4 Å². The summed E-state index contributed by atoms with van der Waals surface area (Å²) < 4.78 is 1.04. The van der Waals surface area contributed by atoms with Crippen LogP contribution in [0, 0.1) is 0 Å². The molecule has 3 nitrogen and oxygen atoms in total. The van der Waals surface area contributed by atoms with Crippen molar-refractivity contribution in [3.63, 3.8) is 0 Å². The SMILES string of the molecule is Clc1cc(Nc2ccc(Br)c3ccccc23)c(Cl)nn1. The number of nitrogens with zero attached hydrogens (tertiary/aromatic N) is 2. The molecule has 0 aliphatic carbocycles. The molecule has 1 heterocycles. The average molecular weight is 369 g/mol. The molecule has 3 rings (SSSR count). The zero-order chi connectivity index (χ0) is 14.1. The molecule has 20 heavy (non-hydrogen) atoms. The van der Waals surface area contributed by atoms with Crippen LogP contribution in [-0.2, 0) is 0 Å². The van der Waals surface area contributed by atoms with Crippen molar-refractivity contribution < 1.29 is 0 Å². The average Bonchev–Trinajstić information content (AvgIpc) is 2.46. The van der Waals surface area contributed by atoms with Gasteiger partial charge in [-0.05, 0) is 17.5 Å². The lowest BCUT2D eigenvalue weighted by Gasteiger charge is -2.11. The fraction of sp³-hybridized carbons (Fsp3) is 0. The van der Waals surface area contributed by atoms with E-state index in [4.69, 9.17) is 23.2 Å². The van der Waals surface area contributed by atoms with E-state index in [-0.39, 0.29) is 5.15 Å². The molecule has 0 atom stereocenters. The van der Waals surface area contributed by atoms with Gasteiger partial charge in [0.25, 0.3) is 0 Å². The highest BCUT2D eigenvalue weighted by molar-refractivity contribution is 9.10. The zero-order valence-corrected chi connectivity index (χ0v) is 13.2. The molecule has 0 amide bonds. The number of hydrogen-bond acceptors (Lipinski definition) is 3. The molecule has 0 fully saturated rings. The zero-order valence-electron chi connectivity index (χ0n) is 10.1. The Hall–Kier alpha value is -1.36. The Balaban J connectivity index is 2.11. The summed E-state index contributed by atoms with van der Waals surface area (Å²) in [5, 5.41) is 13.5. The monoisotopic (exact) mass is 367 g/mol. The van der Waals surface area contributed by atoms with Crippen molar-refractivity contribution in [1.29, 1.82) is 0 Å². The van der Waals surface area contributed by atoms with Gasteiger partial charge in [0, 0.05) is 21.6 Å². The molecule has 0 aliphatic rings. The van der Waals surface area contributed by atoms with Crippen LogP contribution in [0.1, 0.15) is 0 Å². The molecule has 0 radical (unpaired) electrons. The standard InChI is InChI=1S/C14H8BrCl2N3/c15-10-5-6-11(9-4-2-1-3-8(9)10)18-12-7-13(16)19-20-14(12)17/h1-7H,(H,18,19). The molecular weight excluding hydrogens is 361 g/mol. The van der Waals surface area contributed by atoms with E-state index in [1.807, 2.05) is 36.4 Å². The number of anilines is 2. The smallest absolute Gasteiger partial charge is 0.175 e. The first-order valence-corrected chi connectivity index (χ1v) is 7.33. The van der Waals surface area contributed by atoms with Crippen LogP contribution in [0.15, 0.2) is 46.9 Å². The van der Waals surface area contributed by atoms with E-state index < -0.39 is 0 Å². The van der Waals surface area contributed by atoms with Crippen molar-refractivity contribution in [2.24, 2.45) is 0 Å². The molecule has 0 aliphatic heterocycles. The minimum absolute atomic E-state index is 0.279. The maximum absolute atomic E-state index is 6.02. The van der Waals surface area contributed by atoms with Gasteiger partial charge in [0.1, 0.15) is 0 Å². The van der Waals surface area contributed by atoms with Crippen LogP contribution in [0.25, 0.3) is 10.8 Å². The molecule has 0 unspecified atom stereocenters. The van der Waals surface area contributed by atoms with Gasteiger partial charge in [-0.25, -0.2) is 0 Å². The summed E-state index contributed by atoms with van der Waals surface area (Å²) >= 11 is 15.4. The Morgan fingerprint density at radius 1 is 0.900 bits per heavy atom. The van der Waals surface area contributed by atoms with Gasteiger partial charge in [-0.15, -0.1) is 10.2 Å². The van der Waals surface area contributed by atoms with Crippen molar-refractivity contribution in [2.75, 3.05) is 5.32 Å². The third kappa shape index (κ3) is 2.59. The molecule has 100 valence electrons. The number of aromatic nitrogens is 2. The Labute approximate surface area is 134 Å². The lowest BCUT2D eigenvalue weighted by Crippen LogP contribution is -1.96. The summed E-state index contributed by atoms with van der Waals surface area (Å²) in [5.74, 6) is 0. The predicted octanol–water partition coefficient (Wildman–Crippen LogP) is 5.44. The Morgan fingerprint density at radius 2 is 1.65 bits per heavy atom. The van der Waals surface area contributed by atoms with E-state index in [9.17, 15) is 0 Å². The third-order valence-corrected chi connectivity index (χ3v) is 4.01. The van der Waals surface area contributed by atoms with Crippen LogP contribution in [0.4, 0.5) is 11.4 Å². The first-order valence-electron chi connectivity index (χ1n) is 5.78. The first-order chi connectivity index (χ1) is 9.65. The molecule has 6 heteroatoms.